The number of carbonyl (C=O) groups excluding carboxylic acids is 4. The van der Waals surface area contributed by atoms with Crippen molar-refractivity contribution >= 4 is 75.6 Å². The number of anilines is 1. The van der Waals surface area contributed by atoms with Crippen LogP contribution in [0.3, 0.4) is 0 Å². The molecule has 2 unspecified atom stereocenters. The van der Waals surface area contributed by atoms with Crippen molar-refractivity contribution in [3.05, 3.63) is 85.4 Å². The highest BCUT2D eigenvalue weighted by atomic mass is 32.2. The summed E-state index contributed by atoms with van der Waals surface area (Å²) in [6.07, 6.45) is 2.49. The number of aromatic nitrogens is 3. The molecule has 1 aromatic carbocycles. The molecule has 5 amide bonds. The Balaban J connectivity index is 1.41. The molecular formula is C26H22N8O8S3. The minimum atomic E-state index is -1.46. The van der Waals surface area contributed by atoms with Gasteiger partial charge in [0.05, 0.1) is 11.5 Å². The summed E-state index contributed by atoms with van der Waals surface area (Å²) in [5.74, 6) is -3.83. The van der Waals surface area contributed by atoms with Gasteiger partial charge in [0.15, 0.2) is 10.4 Å². The fourth-order valence-corrected chi connectivity index (χ4v) is 7.06. The van der Waals surface area contributed by atoms with Crippen molar-refractivity contribution in [1.29, 1.82) is 0 Å². The van der Waals surface area contributed by atoms with Crippen LogP contribution in [0, 0.1) is 0 Å². The van der Waals surface area contributed by atoms with Crippen LogP contribution < -0.4 is 27.1 Å². The average Bonchev–Trinajstić information content (AvgIpc) is 3.50. The molecule has 16 nitrogen and oxygen atoms in total. The zero-order valence-corrected chi connectivity index (χ0v) is 25.1. The van der Waals surface area contributed by atoms with Gasteiger partial charge in [0.1, 0.15) is 33.7 Å². The van der Waals surface area contributed by atoms with E-state index < -0.39 is 52.6 Å². The second-order valence-corrected chi connectivity index (χ2v) is 12.0. The number of aromatic amines is 1. The monoisotopic (exact) mass is 670 g/mol. The van der Waals surface area contributed by atoms with Gasteiger partial charge in [-0.2, -0.15) is 0 Å². The summed E-state index contributed by atoms with van der Waals surface area (Å²) in [4.78, 5) is 79.7. The number of nitrogens with one attached hydrogen (secondary N) is 4. The quantitative estimate of drug-likeness (QED) is 0.0844. The minimum Gasteiger partial charge on any atom is -0.477 e. The number of aliphatic hydroxyl groups excluding tert-OH is 1. The summed E-state index contributed by atoms with van der Waals surface area (Å²) in [7, 11) is 0. The number of primary amides is 1. The summed E-state index contributed by atoms with van der Waals surface area (Å²) in [5.41, 5.74) is 4.50. The van der Waals surface area contributed by atoms with Crippen molar-refractivity contribution in [2.45, 2.75) is 24.1 Å². The van der Waals surface area contributed by atoms with Gasteiger partial charge in [-0.1, -0.05) is 35.7 Å². The fraction of sp³-hybridized carbons (Fsp3) is 0.192. The summed E-state index contributed by atoms with van der Waals surface area (Å²) in [6, 6.07) is 3.46. The highest BCUT2D eigenvalue weighted by molar-refractivity contribution is 8.00. The maximum absolute atomic E-state index is 13.7. The standard InChI is InChI=1S/C26H22N8O8S3/c27-26(42)29-11-3-1-2-10(6-11)16(30-20(37)12-7-28-5-4-14(12)36)21(38)31-17-23(39)34-18(25(40)41)13(9-44-24(17)34)19(43)22-33-32-15(8-35)45-22/h1-7,16-17,24,35H,8-9H2,(H,28,36)(H,30,37)(H,31,38)(H,40,41)(H3,27,29,42)/t16?,17?,24-/m0/s1. The van der Waals surface area contributed by atoms with E-state index in [4.69, 9.17) is 18.0 Å². The van der Waals surface area contributed by atoms with E-state index in [0.717, 1.165) is 40.3 Å². The summed E-state index contributed by atoms with van der Waals surface area (Å²) < 4.78 is 0. The number of rotatable bonds is 10. The van der Waals surface area contributed by atoms with Crippen LogP contribution in [0.25, 0.3) is 0 Å². The first-order valence-corrected chi connectivity index (χ1v) is 15.1. The predicted molar refractivity (Wildman–Crippen MR) is 164 cm³/mol. The number of hydrogen-bond acceptors (Lipinski definition) is 12. The topological polar surface area (TPSA) is 250 Å². The number of β-lactam (4-membered cyclic amide) rings is 1. The van der Waals surface area contributed by atoms with Crippen LogP contribution >= 0.6 is 35.3 Å². The predicted octanol–water partition coefficient (Wildman–Crippen LogP) is -0.163. The molecule has 0 saturated carbocycles. The highest BCUT2D eigenvalue weighted by Crippen LogP contribution is 2.41. The van der Waals surface area contributed by atoms with Crippen LogP contribution in [0.2, 0.25) is 0 Å². The number of hydrogen-bond donors (Lipinski definition) is 7. The number of urea groups is 1. The molecule has 45 heavy (non-hydrogen) atoms. The lowest BCUT2D eigenvalue weighted by atomic mass is 9.99. The van der Waals surface area contributed by atoms with Crippen molar-refractivity contribution < 1.29 is 34.2 Å². The Morgan fingerprint density at radius 1 is 1.20 bits per heavy atom. The number of aliphatic hydroxyl groups is 1. The number of amides is 5. The van der Waals surface area contributed by atoms with E-state index in [9.17, 15) is 39.0 Å². The van der Waals surface area contributed by atoms with Crippen molar-refractivity contribution in [2.75, 3.05) is 11.1 Å². The van der Waals surface area contributed by atoms with Crippen molar-refractivity contribution in [3.8, 4) is 0 Å². The lowest BCUT2D eigenvalue weighted by molar-refractivity contribution is -0.150. The Bertz CT molecular complexity index is 1840. The Morgan fingerprint density at radius 3 is 2.64 bits per heavy atom. The zero-order chi connectivity index (χ0) is 32.4. The number of carboxylic acid groups (broad SMARTS) is 1. The number of aliphatic carboxylic acids is 1. The molecule has 3 atom stereocenters. The lowest BCUT2D eigenvalue weighted by Crippen LogP contribution is -2.71. The molecule has 4 heterocycles. The van der Waals surface area contributed by atoms with Gasteiger partial charge in [-0.3, -0.25) is 24.1 Å². The van der Waals surface area contributed by atoms with Crippen molar-refractivity contribution in [3.63, 3.8) is 0 Å². The largest absolute Gasteiger partial charge is 0.477 e. The lowest BCUT2D eigenvalue weighted by Gasteiger charge is -2.49. The number of carboxylic acids is 1. The summed E-state index contributed by atoms with van der Waals surface area (Å²) in [5, 5.41) is 34.1. The van der Waals surface area contributed by atoms with Gasteiger partial charge < -0.3 is 36.9 Å². The van der Waals surface area contributed by atoms with E-state index in [1.807, 2.05) is 0 Å². The maximum atomic E-state index is 13.7. The molecule has 3 aromatic rings. The molecule has 8 N–H and O–H groups in total. The molecule has 0 radical (unpaired) electrons. The third-order valence-corrected chi connectivity index (χ3v) is 9.41. The number of benzene rings is 1. The number of thioether (sulfide) groups is 1. The molecule has 1 fully saturated rings. The molecule has 0 aliphatic carbocycles. The number of pyridine rings is 1. The van der Waals surface area contributed by atoms with Crippen LogP contribution in [-0.2, 0) is 21.0 Å². The van der Waals surface area contributed by atoms with Gasteiger partial charge >= 0.3 is 12.0 Å². The normalized spacial score (nSPS) is 17.9. The van der Waals surface area contributed by atoms with Gasteiger partial charge in [0, 0.05) is 35.5 Å². The number of nitrogens with two attached hydrogens (primary N) is 1. The third-order valence-electron chi connectivity index (χ3n) is 6.63. The van der Waals surface area contributed by atoms with Gasteiger partial charge in [0.25, 0.3) is 11.8 Å². The van der Waals surface area contributed by atoms with E-state index in [0.29, 0.717) is 0 Å². The Morgan fingerprint density at radius 2 is 1.98 bits per heavy atom. The van der Waals surface area contributed by atoms with Crippen LogP contribution in [-0.4, -0.2) is 82.0 Å². The number of nitrogens with zero attached hydrogens (tertiary/aromatic N) is 3. The van der Waals surface area contributed by atoms with E-state index in [1.54, 1.807) is 0 Å². The van der Waals surface area contributed by atoms with E-state index in [2.05, 4.69) is 31.1 Å². The zero-order valence-electron chi connectivity index (χ0n) is 22.7. The first-order valence-electron chi connectivity index (χ1n) is 12.8. The van der Waals surface area contributed by atoms with Gasteiger partial charge in [-0.05, 0) is 17.7 Å². The first kappa shape index (κ1) is 31.4. The number of carbonyl (C=O) groups is 5. The Labute approximate surface area is 266 Å². The minimum absolute atomic E-state index is 0.0626. The average molecular weight is 671 g/mol. The SMILES string of the molecule is NC(=O)Nc1cccc(C(NC(=O)c2c[nH]ccc2=O)C(=O)NC2C(=O)N3C(C(=O)O)=C(C(=S)c4nnc(CO)s4)CS[C@@H]23)c1. The summed E-state index contributed by atoms with van der Waals surface area (Å²) >= 11 is 7.60. The number of H-pyrrole nitrogens is 1. The maximum Gasteiger partial charge on any atom is 0.353 e. The van der Waals surface area contributed by atoms with Crippen LogP contribution in [0.5, 0.6) is 0 Å². The molecule has 2 aliphatic heterocycles. The fourth-order valence-electron chi connectivity index (χ4n) is 4.61. The Kier molecular flexibility index (Phi) is 9.04. The van der Waals surface area contributed by atoms with Crippen LogP contribution in [0.4, 0.5) is 10.5 Å². The van der Waals surface area contributed by atoms with Crippen LogP contribution in [0.15, 0.2) is 58.8 Å². The second-order valence-electron chi connectivity index (χ2n) is 9.46. The molecular weight excluding hydrogens is 649 g/mol. The van der Waals surface area contributed by atoms with Gasteiger partial charge in [-0.15, -0.1) is 22.0 Å². The van der Waals surface area contributed by atoms with E-state index >= 15 is 0 Å². The molecule has 1 saturated heterocycles. The van der Waals surface area contributed by atoms with Crippen LogP contribution in [0.1, 0.15) is 32.0 Å². The molecule has 0 bridgehead atoms. The first-order chi connectivity index (χ1) is 21.5. The number of fused-ring (bicyclic) bond motifs is 1. The summed E-state index contributed by atoms with van der Waals surface area (Å²) in [6.45, 7) is -0.372. The Hall–Kier alpha value is -4.98. The highest BCUT2D eigenvalue weighted by Gasteiger charge is 2.55. The molecule has 232 valence electrons. The second kappa shape index (κ2) is 12.9. The molecule has 2 aromatic heterocycles. The molecule has 19 heteroatoms. The third kappa shape index (κ3) is 6.32. The molecule has 2 aliphatic rings. The van der Waals surface area contributed by atoms with Crippen molar-refractivity contribution in [1.82, 2.24) is 30.7 Å². The van der Waals surface area contributed by atoms with Gasteiger partial charge in [0.2, 0.25) is 5.91 Å². The molecule has 5 rings (SSSR count). The number of thiocarbonyl (C=S) groups is 1. The smallest absolute Gasteiger partial charge is 0.353 e. The molecule has 0 spiro atoms. The van der Waals surface area contributed by atoms with E-state index in [1.165, 1.54) is 30.5 Å². The van der Waals surface area contributed by atoms with Crippen molar-refractivity contribution in [2.24, 2.45) is 5.73 Å². The van der Waals surface area contributed by atoms with E-state index in [-0.39, 0.29) is 55.3 Å². The van der Waals surface area contributed by atoms with Gasteiger partial charge in [-0.25, -0.2) is 9.59 Å².